The van der Waals surface area contributed by atoms with Gasteiger partial charge in [0.15, 0.2) is 0 Å². The van der Waals surface area contributed by atoms with Gasteiger partial charge in [0.25, 0.3) is 0 Å². The van der Waals surface area contributed by atoms with Crippen molar-refractivity contribution in [2.75, 3.05) is 13.1 Å². The molecule has 0 aliphatic heterocycles. The van der Waals surface area contributed by atoms with E-state index in [-0.39, 0.29) is 24.7 Å². The van der Waals surface area contributed by atoms with Gasteiger partial charge in [-0.05, 0) is 25.6 Å². The smallest absolute Gasteiger partial charge is 0.216 e. The second kappa shape index (κ2) is 10.8. The Morgan fingerprint density at radius 1 is 1.20 bits per heavy atom. The number of nitrogens with zero attached hydrogens (tertiary/aromatic N) is 1. The summed E-state index contributed by atoms with van der Waals surface area (Å²) in [5.41, 5.74) is 0. The van der Waals surface area contributed by atoms with Crippen LogP contribution in [0.5, 0.6) is 0 Å². The number of nitrogens with one attached hydrogen (secondary N) is 1. The number of hydrogen-bond donors (Lipinski definition) is 1. The molecular weight excluding hydrogens is 224 g/mol. The van der Waals surface area contributed by atoms with E-state index in [4.69, 9.17) is 11.8 Å². The maximum atomic E-state index is 10.2. The average molecular weight is 237 g/mol. The van der Waals surface area contributed by atoms with Crippen LogP contribution in [0.4, 0.5) is 0 Å². The Labute approximate surface area is 92.7 Å². The molecule has 0 rings (SSSR count). The summed E-state index contributed by atoms with van der Waals surface area (Å²) >= 11 is 4.93. The number of hydrogen-bond acceptors (Lipinski definition) is 5. The molecular formula is C8H13ClN2O4. The summed E-state index contributed by atoms with van der Waals surface area (Å²) in [5, 5.41) is 0. The van der Waals surface area contributed by atoms with Crippen LogP contribution >= 0.6 is 11.8 Å². The molecule has 0 atom stereocenters. The second-order valence-corrected chi connectivity index (χ2v) is 2.86. The van der Waals surface area contributed by atoms with Crippen molar-refractivity contribution < 1.29 is 19.2 Å². The van der Waals surface area contributed by atoms with E-state index in [1.807, 2.05) is 0 Å². The summed E-state index contributed by atoms with van der Waals surface area (Å²) in [4.78, 5) is 42.7. The van der Waals surface area contributed by atoms with E-state index in [1.165, 1.54) is 13.8 Å². The number of halogens is 1. The Kier molecular flexibility index (Phi) is 11.7. The van der Waals surface area contributed by atoms with Gasteiger partial charge in [-0.1, -0.05) is 0 Å². The zero-order valence-corrected chi connectivity index (χ0v) is 9.28. The fourth-order valence-corrected chi connectivity index (χ4v) is 0.639. The highest BCUT2D eigenvalue weighted by molar-refractivity contribution is 6.14. The summed E-state index contributed by atoms with van der Waals surface area (Å²) in [7, 11) is 0. The molecule has 7 heteroatoms. The number of rotatable bonds is 6. The summed E-state index contributed by atoms with van der Waals surface area (Å²) < 4.78 is 0. The van der Waals surface area contributed by atoms with Gasteiger partial charge >= 0.3 is 0 Å². The Balaban J connectivity index is 0. The van der Waals surface area contributed by atoms with Gasteiger partial charge < -0.3 is 0 Å². The minimum Gasteiger partial charge on any atom is -0.299 e. The molecule has 0 heterocycles. The molecule has 15 heavy (non-hydrogen) atoms. The first-order chi connectivity index (χ1) is 6.97. The Hall–Kier alpha value is -1.27. The van der Waals surface area contributed by atoms with E-state index in [9.17, 15) is 19.2 Å². The third-order valence-electron chi connectivity index (χ3n) is 0.992. The molecule has 1 N–H and O–H groups in total. The van der Waals surface area contributed by atoms with Crippen LogP contribution < -0.4 is 4.84 Å². The van der Waals surface area contributed by atoms with Crippen LogP contribution in [0.1, 0.15) is 13.8 Å². The average Bonchev–Trinajstić information content (AvgIpc) is 2.14. The number of imide groups is 1. The highest BCUT2D eigenvalue weighted by Crippen LogP contribution is 1.75. The number of carbonyl (C=O) groups is 4. The lowest BCUT2D eigenvalue weighted by molar-refractivity contribution is -0.133. The lowest BCUT2D eigenvalue weighted by atomic mass is 10.4. The first-order valence-electron chi connectivity index (χ1n) is 3.96. The number of carbonyl (C=O) groups excluding carboxylic acids is 4. The van der Waals surface area contributed by atoms with Crippen LogP contribution in [0.2, 0.25) is 0 Å². The predicted octanol–water partition coefficient (Wildman–Crippen LogP) is -0.491. The first kappa shape index (κ1) is 16.2. The number of amides is 2. The molecule has 0 aromatic rings. The lowest BCUT2D eigenvalue weighted by Gasteiger charge is -2.02. The van der Waals surface area contributed by atoms with Crippen molar-refractivity contribution in [1.29, 1.82) is 0 Å². The summed E-state index contributed by atoms with van der Waals surface area (Å²) in [6.07, 6.45) is 0.628. The van der Waals surface area contributed by atoms with Gasteiger partial charge in [0.2, 0.25) is 12.8 Å². The molecule has 2 amide bonds. The first-order valence-corrected chi connectivity index (χ1v) is 4.34. The Morgan fingerprint density at radius 2 is 1.67 bits per heavy atom. The molecule has 0 saturated heterocycles. The van der Waals surface area contributed by atoms with Gasteiger partial charge in [-0.2, -0.15) is 0 Å². The molecule has 0 bridgehead atoms. The largest absolute Gasteiger partial charge is 0.299 e. The standard InChI is InChI=1S/C5H7NO3.C3H6ClNO/c1-5(9)2-6(3-7)4-8;1-3(6)2-5-4/h3-4H,2H2,1H3;5H,2H2,1H3. The van der Waals surface area contributed by atoms with E-state index < -0.39 is 0 Å². The van der Waals surface area contributed by atoms with Crippen molar-refractivity contribution in [3.8, 4) is 0 Å². The lowest BCUT2D eigenvalue weighted by Crippen LogP contribution is -2.25. The van der Waals surface area contributed by atoms with Gasteiger partial charge in [0.05, 0.1) is 13.1 Å². The van der Waals surface area contributed by atoms with Crippen molar-refractivity contribution in [3.05, 3.63) is 0 Å². The van der Waals surface area contributed by atoms with Crippen LogP contribution in [0.3, 0.4) is 0 Å². The van der Waals surface area contributed by atoms with Crippen molar-refractivity contribution in [2.24, 2.45) is 0 Å². The van der Waals surface area contributed by atoms with Gasteiger partial charge in [-0.25, -0.2) is 4.84 Å². The van der Waals surface area contributed by atoms with Gasteiger partial charge in [0.1, 0.15) is 11.6 Å². The maximum absolute atomic E-state index is 10.2. The molecule has 0 saturated carbocycles. The van der Waals surface area contributed by atoms with Crippen LogP contribution in [-0.4, -0.2) is 42.4 Å². The zero-order chi connectivity index (χ0) is 12.3. The number of Topliss-reactive ketones (excluding diaryl/α,β-unsaturated/α-hetero) is 2. The van der Waals surface area contributed by atoms with Gasteiger partial charge in [-0.15, -0.1) is 0 Å². The Morgan fingerprint density at radius 3 is 1.73 bits per heavy atom. The normalized spacial score (nSPS) is 8.20. The molecule has 0 unspecified atom stereocenters. The summed E-state index contributed by atoms with van der Waals surface area (Å²) in [5.74, 6) is -0.167. The van der Waals surface area contributed by atoms with Crippen molar-refractivity contribution >= 4 is 36.2 Å². The van der Waals surface area contributed by atoms with E-state index in [0.29, 0.717) is 12.8 Å². The molecule has 0 fully saturated rings. The quantitative estimate of drug-likeness (QED) is 0.497. The molecule has 0 radical (unpaired) electrons. The minimum atomic E-state index is -0.214. The van der Waals surface area contributed by atoms with Crippen molar-refractivity contribution in [2.45, 2.75) is 13.8 Å². The fourth-order valence-electron chi connectivity index (χ4n) is 0.451. The predicted molar refractivity (Wildman–Crippen MR) is 54.1 cm³/mol. The van der Waals surface area contributed by atoms with E-state index >= 15 is 0 Å². The van der Waals surface area contributed by atoms with Crippen LogP contribution in [-0.2, 0) is 19.2 Å². The topological polar surface area (TPSA) is 83.6 Å². The number of ketones is 2. The SMILES string of the molecule is CC(=O)CN(C=O)C=O.CC(=O)CNCl. The zero-order valence-electron chi connectivity index (χ0n) is 8.53. The fraction of sp³-hybridized carbons (Fsp3) is 0.500. The third kappa shape index (κ3) is 15.5. The van der Waals surface area contributed by atoms with Crippen LogP contribution in [0.15, 0.2) is 0 Å². The molecule has 0 aromatic heterocycles. The highest BCUT2D eigenvalue weighted by Gasteiger charge is 2.00. The van der Waals surface area contributed by atoms with E-state index in [1.54, 1.807) is 0 Å². The monoisotopic (exact) mass is 236 g/mol. The van der Waals surface area contributed by atoms with Gasteiger partial charge in [-0.3, -0.25) is 24.1 Å². The van der Waals surface area contributed by atoms with Crippen LogP contribution in [0.25, 0.3) is 0 Å². The molecule has 0 aliphatic rings. The van der Waals surface area contributed by atoms with E-state index in [0.717, 1.165) is 4.90 Å². The molecule has 0 aliphatic carbocycles. The third-order valence-corrected chi connectivity index (χ3v) is 1.13. The second-order valence-electron chi connectivity index (χ2n) is 2.60. The maximum Gasteiger partial charge on any atom is 0.216 e. The highest BCUT2D eigenvalue weighted by atomic mass is 35.5. The molecule has 0 spiro atoms. The summed E-state index contributed by atoms with van der Waals surface area (Å²) in [6, 6.07) is 0. The van der Waals surface area contributed by atoms with Crippen LogP contribution in [0, 0.1) is 0 Å². The van der Waals surface area contributed by atoms with Crippen molar-refractivity contribution in [3.63, 3.8) is 0 Å². The van der Waals surface area contributed by atoms with Crippen molar-refractivity contribution in [1.82, 2.24) is 9.74 Å². The Bertz CT molecular complexity index is 225. The van der Waals surface area contributed by atoms with E-state index in [2.05, 4.69) is 4.84 Å². The minimum absolute atomic E-state index is 0.0463. The molecule has 6 nitrogen and oxygen atoms in total. The van der Waals surface area contributed by atoms with Gasteiger partial charge in [0, 0.05) is 0 Å². The summed E-state index contributed by atoms with van der Waals surface area (Å²) in [6.45, 7) is 2.89. The molecule has 0 aromatic carbocycles. The molecule has 86 valence electrons.